The summed E-state index contributed by atoms with van der Waals surface area (Å²) in [4.78, 5) is 23.3. The zero-order valence-electron chi connectivity index (χ0n) is 13.6. The van der Waals surface area contributed by atoms with Gasteiger partial charge in [0.25, 0.3) is 0 Å². The Morgan fingerprint density at radius 3 is 2.48 bits per heavy atom. The van der Waals surface area contributed by atoms with Gasteiger partial charge in [-0.3, -0.25) is 10.1 Å². The predicted octanol–water partition coefficient (Wildman–Crippen LogP) is 4.58. The summed E-state index contributed by atoms with van der Waals surface area (Å²) in [7, 11) is 0. The summed E-state index contributed by atoms with van der Waals surface area (Å²) in [6, 6.07) is 5.12. The molecule has 1 aliphatic carbocycles. The zero-order chi connectivity index (χ0) is 17.3. The Bertz CT molecular complexity index is 618. The van der Waals surface area contributed by atoms with Crippen LogP contribution in [0.25, 0.3) is 0 Å². The SMILES string of the molecule is CC(C)(C)OC(=O)Nc1ccc(Cl)cc1C1(CC(=O)O)CCC1. The molecule has 23 heavy (non-hydrogen) atoms. The molecule has 6 heteroatoms. The number of ether oxygens (including phenoxy) is 1. The molecule has 0 bridgehead atoms. The van der Waals surface area contributed by atoms with Gasteiger partial charge in [0.2, 0.25) is 0 Å². The maximum atomic E-state index is 12.0. The summed E-state index contributed by atoms with van der Waals surface area (Å²) in [5.74, 6) is -0.854. The van der Waals surface area contributed by atoms with Crippen molar-refractivity contribution >= 4 is 29.4 Å². The molecular formula is C17H22ClNO4. The van der Waals surface area contributed by atoms with Gasteiger partial charge in [-0.1, -0.05) is 18.0 Å². The van der Waals surface area contributed by atoms with E-state index in [1.54, 1.807) is 39.0 Å². The summed E-state index contributed by atoms with van der Waals surface area (Å²) in [5.41, 5.74) is 0.251. The first-order chi connectivity index (χ1) is 10.6. The third kappa shape index (κ3) is 4.38. The fourth-order valence-corrected chi connectivity index (χ4v) is 3.08. The van der Waals surface area contributed by atoms with Crippen LogP contribution in [0.5, 0.6) is 0 Å². The molecule has 126 valence electrons. The Kier molecular flexibility index (Phi) is 4.90. The topological polar surface area (TPSA) is 75.6 Å². The molecule has 0 atom stereocenters. The van der Waals surface area contributed by atoms with Gasteiger partial charge in [-0.15, -0.1) is 0 Å². The van der Waals surface area contributed by atoms with Crippen LogP contribution in [0.2, 0.25) is 5.02 Å². The quantitative estimate of drug-likeness (QED) is 0.841. The Hall–Kier alpha value is -1.75. The summed E-state index contributed by atoms with van der Waals surface area (Å²) in [5, 5.41) is 12.5. The number of rotatable bonds is 4. The lowest BCUT2D eigenvalue weighted by Crippen LogP contribution is -2.38. The van der Waals surface area contributed by atoms with Gasteiger partial charge in [-0.05, 0) is 57.4 Å². The number of anilines is 1. The third-order valence-corrected chi connectivity index (χ3v) is 4.22. The molecule has 0 spiro atoms. The number of carbonyl (C=O) groups is 2. The molecule has 1 aromatic carbocycles. The third-order valence-electron chi connectivity index (χ3n) is 3.99. The second-order valence-electron chi connectivity index (χ2n) is 7.02. The van der Waals surface area contributed by atoms with E-state index in [9.17, 15) is 14.7 Å². The van der Waals surface area contributed by atoms with E-state index in [4.69, 9.17) is 16.3 Å². The summed E-state index contributed by atoms with van der Waals surface area (Å²) in [6.45, 7) is 5.35. The highest BCUT2D eigenvalue weighted by Crippen LogP contribution is 2.49. The van der Waals surface area contributed by atoms with Crippen molar-refractivity contribution in [1.82, 2.24) is 0 Å². The lowest BCUT2D eigenvalue weighted by Gasteiger charge is -2.42. The standard InChI is InChI=1S/C17H22ClNO4/c1-16(2,3)23-15(22)19-13-6-5-11(18)9-12(13)17(7-4-8-17)10-14(20)21/h5-6,9H,4,7-8,10H2,1-3H3,(H,19,22)(H,20,21). The Balaban J connectivity index is 2.31. The molecule has 1 fully saturated rings. The molecular weight excluding hydrogens is 318 g/mol. The number of aliphatic carboxylic acids is 1. The molecule has 1 amide bonds. The molecule has 0 unspecified atom stereocenters. The molecule has 1 aromatic rings. The molecule has 0 heterocycles. The highest BCUT2D eigenvalue weighted by atomic mass is 35.5. The number of nitrogens with one attached hydrogen (secondary N) is 1. The number of amides is 1. The molecule has 2 N–H and O–H groups in total. The average Bonchev–Trinajstić information content (AvgIpc) is 2.33. The van der Waals surface area contributed by atoms with Crippen LogP contribution < -0.4 is 5.32 Å². The maximum absolute atomic E-state index is 12.0. The molecule has 1 aliphatic rings. The van der Waals surface area contributed by atoms with E-state index < -0.39 is 23.1 Å². The van der Waals surface area contributed by atoms with Gasteiger partial charge in [-0.25, -0.2) is 4.79 Å². The Labute approximate surface area is 141 Å². The largest absolute Gasteiger partial charge is 0.481 e. The molecule has 0 aliphatic heterocycles. The van der Waals surface area contributed by atoms with E-state index in [2.05, 4.69) is 5.32 Å². The number of halogens is 1. The lowest BCUT2D eigenvalue weighted by molar-refractivity contribution is -0.139. The second kappa shape index (κ2) is 6.40. The van der Waals surface area contributed by atoms with Gasteiger partial charge in [0.15, 0.2) is 0 Å². The Morgan fingerprint density at radius 1 is 1.35 bits per heavy atom. The van der Waals surface area contributed by atoms with Crippen molar-refractivity contribution in [2.75, 3.05) is 5.32 Å². The van der Waals surface area contributed by atoms with Crippen molar-refractivity contribution in [2.24, 2.45) is 0 Å². The van der Waals surface area contributed by atoms with Gasteiger partial charge in [0.05, 0.1) is 6.42 Å². The highest BCUT2D eigenvalue weighted by Gasteiger charge is 2.42. The minimum atomic E-state index is -0.854. The second-order valence-corrected chi connectivity index (χ2v) is 7.46. The average molecular weight is 340 g/mol. The summed E-state index contributed by atoms with van der Waals surface area (Å²) in [6.07, 6.45) is 1.96. The molecule has 0 aromatic heterocycles. The molecule has 2 rings (SSSR count). The molecule has 1 saturated carbocycles. The number of carboxylic acids is 1. The summed E-state index contributed by atoms with van der Waals surface area (Å²) >= 11 is 6.09. The van der Waals surface area contributed by atoms with Crippen LogP contribution in [-0.4, -0.2) is 22.8 Å². The van der Waals surface area contributed by atoms with Crippen molar-refractivity contribution in [1.29, 1.82) is 0 Å². The van der Waals surface area contributed by atoms with Crippen LogP contribution >= 0.6 is 11.6 Å². The molecule has 0 radical (unpaired) electrons. The van der Waals surface area contributed by atoms with E-state index >= 15 is 0 Å². The minimum absolute atomic E-state index is 0.0241. The smallest absolute Gasteiger partial charge is 0.412 e. The highest BCUT2D eigenvalue weighted by molar-refractivity contribution is 6.30. The van der Waals surface area contributed by atoms with E-state index in [1.165, 1.54) is 0 Å². The van der Waals surface area contributed by atoms with Gasteiger partial charge < -0.3 is 9.84 Å². The molecule has 5 nitrogen and oxygen atoms in total. The summed E-state index contributed by atoms with van der Waals surface area (Å²) < 4.78 is 5.27. The van der Waals surface area contributed by atoms with Gasteiger partial charge >= 0.3 is 12.1 Å². The maximum Gasteiger partial charge on any atom is 0.412 e. The number of carboxylic acid groups (broad SMARTS) is 1. The van der Waals surface area contributed by atoms with Crippen LogP contribution in [0.1, 0.15) is 52.0 Å². The first-order valence-electron chi connectivity index (χ1n) is 7.63. The van der Waals surface area contributed by atoms with Gasteiger partial charge in [0, 0.05) is 16.1 Å². The Morgan fingerprint density at radius 2 is 2.00 bits per heavy atom. The molecule has 0 saturated heterocycles. The predicted molar refractivity (Wildman–Crippen MR) is 89.1 cm³/mol. The first kappa shape index (κ1) is 17.6. The number of benzene rings is 1. The van der Waals surface area contributed by atoms with E-state index in [0.717, 1.165) is 24.8 Å². The van der Waals surface area contributed by atoms with E-state index in [0.29, 0.717) is 10.7 Å². The lowest BCUT2D eigenvalue weighted by atomic mass is 9.62. The van der Waals surface area contributed by atoms with Crippen LogP contribution in [0.4, 0.5) is 10.5 Å². The first-order valence-corrected chi connectivity index (χ1v) is 8.01. The number of hydrogen-bond acceptors (Lipinski definition) is 3. The fraction of sp³-hybridized carbons (Fsp3) is 0.529. The van der Waals surface area contributed by atoms with Gasteiger partial charge in [-0.2, -0.15) is 0 Å². The van der Waals surface area contributed by atoms with Crippen LogP contribution in [0, 0.1) is 0 Å². The van der Waals surface area contributed by atoms with E-state index in [-0.39, 0.29) is 6.42 Å². The van der Waals surface area contributed by atoms with Crippen molar-refractivity contribution in [3.8, 4) is 0 Å². The zero-order valence-corrected chi connectivity index (χ0v) is 14.4. The van der Waals surface area contributed by atoms with E-state index in [1.807, 2.05) is 0 Å². The van der Waals surface area contributed by atoms with Crippen molar-refractivity contribution < 1.29 is 19.4 Å². The van der Waals surface area contributed by atoms with Crippen LogP contribution in [-0.2, 0) is 14.9 Å². The fourth-order valence-electron chi connectivity index (χ4n) is 2.91. The van der Waals surface area contributed by atoms with Crippen LogP contribution in [0.3, 0.4) is 0 Å². The van der Waals surface area contributed by atoms with Gasteiger partial charge in [0.1, 0.15) is 5.60 Å². The monoisotopic (exact) mass is 339 g/mol. The van der Waals surface area contributed by atoms with Crippen LogP contribution in [0.15, 0.2) is 18.2 Å². The van der Waals surface area contributed by atoms with Crippen molar-refractivity contribution in [3.05, 3.63) is 28.8 Å². The number of carbonyl (C=O) groups excluding carboxylic acids is 1. The normalized spacial score (nSPS) is 16.3. The number of hydrogen-bond donors (Lipinski definition) is 2. The van der Waals surface area contributed by atoms with Crippen molar-refractivity contribution in [3.63, 3.8) is 0 Å². The minimum Gasteiger partial charge on any atom is -0.481 e. The van der Waals surface area contributed by atoms with Crippen molar-refractivity contribution in [2.45, 2.75) is 57.5 Å².